The van der Waals surface area contributed by atoms with Gasteiger partial charge in [-0.1, -0.05) is 51.8 Å². The van der Waals surface area contributed by atoms with Gasteiger partial charge in [0.2, 0.25) is 0 Å². The summed E-state index contributed by atoms with van der Waals surface area (Å²) in [7, 11) is 3.27. The van der Waals surface area contributed by atoms with Crippen molar-refractivity contribution in [2.24, 2.45) is 0 Å². The van der Waals surface area contributed by atoms with Gasteiger partial charge in [0.15, 0.2) is 11.5 Å². The van der Waals surface area contributed by atoms with Crippen LogP contribution in [0.4, 0.5) is 0 Å². The second-order valence-corrected chi connectivity index (χ2v) is 5.90. The van der Waals surface area contributed by atoms with E-state index in [-0.39, 0.29) is 4.83 Å². The van der Waals surface area contributed by atoms with E-state index in [2.05, 4.69) is 15.9 Å². The Bertz CT molecular complexity index is 586. The van der Waals surface area contributed by atoms with Crippen molar-refractivity contribution in [2.45, 2.75) is 11.2 Å². The third-order valence-corrected chi connectivity index (χ3v) is 4.27. The van der Waals surface area contributed by atoms with E-state index in [0.717, 1.165) is 34.1 Å². The molecule has 0 saturated heterocycles. The van der Waals surface area contributed by atoms with Crippen LogP contribution in [0.3, 0.4) is 0 Å². The average Bonchev–Trinajstić information content (AvgIpc) is 2.47. The quantitative estimate of drug-likeness (QED) is 0.700. The van der Waals surface area contributed by atoms with Gasteiger partial charge in [-0.3, -0.25) is 0 Å². The molecule has 2 aromatic carbocycles. The molecule has 0 aromatic heterocycles. The molecular formula is C16H16BrClO2. The molecule has 2 rings (SSSR count). The molecule has 0 bridgehead atoms. The zero-order chi connectivity index (χ0) is 14.5. The smallest absolute Gasteiger partial charge is 0.160 e. The van der Waals surface area contributed by atoms with Crippen LogP contribution in [0.25, 0.3) is 0 Å². The minimum absolute atomic E-state index is 0.161. The van der Waals surface area contributed by atoms with Crippen LogP contribution >= 0.6 is 27.5 Å². The fraction of sp³-hybridized carbons (Fsp3) is 0.250. The number of rotatable bonds is 5. The first-order valence-corrected chi connectivity index (χ1v) is 7.54. The van der Waals surface area contributed by atoms with Crippen molar-refractivity contribution in [1.82, 2.24) is 0 Å². The molecule has 1 unspecified atom stereocenters. The number of halogens is 2. The summed E-state index contributed by atoms with van der Waals surface area (Å²) >= 11 is 9.92. The van der Waals surface area contributed by atoms with Crippen LogP contribution in [-0.4, -0.2) is 14.2 Å². The van der Waals surface area contributed by atoms with Crippen LogP contribution in [0.5, 0.6) is 11.5 Å². The first-order chi connectivity index (χ1) is 9.65. The lowest BCUT2D eigenvalue weighted by Gasteiger charge is -2.14. The summed E-state index contributed by atoms with van der Waals surface area (Å²) in [6.45, 7) is 0. The Kier molecular flexibility index (Phi) is 5.32. The standard InChI is InChI=1S/C16H16BrClO2/c1-19-15-8-7-11(10-16(15)20-2)9-13(17)12-5-3-4-6-14(12)18/h3-8,10,13H,9H2,1-2H3. The summed E-state index contributed by atoms with van der Waals surface area (Å²) in [6.07, 6.45) is 0.823. The van der Waals surface area contributed by atoms with E-state index in [4.69, 9.17) is 21.1 Å². The Balaban J connectivity index is 2.20. The molecule has 0 amide bonds. The molecule has 4 heteroatoms. The molecule has 0 aliphatic rings. The van der Waals surface area contributed by atoms with E-state index in [9.17, 15) is 0 Å². The zero-order valence-electron chi connectivity index (χ0n) is 11.4. The van der Waals surface area contributed by atoms with E-state index in [1.165, 1.54) is 0 Å². The second-order valence-electron chi connectivity index (χ2n) is 4.38. The first kappa shape index (κ1) is 15.2. The molecular weight excluding hydrogens is 340 g/mol. The largest absolute Gasteiger partial charge is 0.493 e. The fourth-order valence-electron chi connectivity index (χ4n) is 2.05. The van der Waals surface area contributed by atoms with Crippen LogP contribution in [0, 0.1) is 0 Å². The van der Waals surface area contributed by atoms with Gasteiger partial charge in [0.05, 0.1) is 14.2 Å². The van der Waals surface area contributed by atoms with Crippen molar-refractivity contribution in [3.8, 4) is 11.5 Å². The predicted molar refractivity (Wildman–Crippen MR) is 86.4 cm³/mol. The molecule has 0 fully saturated rings. The van der Waals surface area contributed by atoms with Gasteiger partial charge in [0, 0.05) is 9.85 Å². The van der Waals surface area contributed by atoms with E-state index < -0.39 is 0 Å². The van der Waals surface area contributed by atoms with Crippen molar-refractivity contribution in [3.05, 3.63) is 58.6 Å². The predicted octanol–water partition coefficient (Wildman–Crippen LogP) is 5.04. The maximum atomic E-state index is 6.22. The van der Waals surface area contributed by atoms with Crippen LogP contribution < -0.4 is 9.47 Å². The number of hydrogen-bond donors (Lipinski definition) is 0. The Morgan fingerprint density at radius 1 is 1.05 bits per heavy atom. The van der Waals surface area contributed by atoms with Crippen molar-refractivity contribution in [1.29, 1.82) is 0 Å². The van der Waals surface area contributed by atoms with Gasteiger partial charge in [-0.15, -0.1) is 0 Å². The maximum absolute atomic E-state index is 6.22. The highest BCUT2D eigenvalue weighted by Gasteiger charge is 2.13. The highest BCUT2D eigenvalue weighted by Crippen LogP contribution is 2.34. The summed E-state index contributed by atoms with van der Waals surface area (Å²) in [6, 6.07) is 13.8. The zero-order valence-corrected chi connectivity index (χ0v) is 13.7. The topological polar surface area (TPSA) is 18.5 Å². The molecule has 0 heterocycles. The lowest BCUT2D eigenvalue weighted by molar-refractivity contribution is 0.354. The SMILES string of the molecule is COc1ccc(CC(Br)c2ccccc2Cl)cc1OC. The van der Waals surface area contributed by atoms with Crippen molar-refractivity contribution in [2.75, 3.05) is 14.2 Å². The Labute approximate surface area is 132 Å². The van der Waals surface area contributed by atoms with Crippen molar-refractivity contribution in [3.63, 3.8) is 0 Å². The summed E-state index contributed by atoms with van der Waals surface area (Å²) in [4.78, 5) is 0.161. The van der Waals surface area contributed by atoms with Gasteiger partial charge in [-0.25, -0.2) is 0 Å². The molecule has 0 radical (unpaired) electrons. The van der Waals surface area contributed by atoms with E-state index in [0.29, 0.717) is 0 Å². The second kappa shape index (κ2) is 7.00. The lowest BCUT2D eigenvalue weighted by Crippen LogP contribution is -1.98. The highest BCUT2D eigenvalue weighted by atomic mass is 79.9. The van der Waals surface area contributed by atoms with Gasteiger partial charge in [0.25, 0.3) is 0 Å². The third-order valence-electron chi connectivity index (χ3n) is 3.11. The van der Waals surface area contributed by atoms with Crippen LogP contribution in [0.2, 0.25) is 5.02 Å². The minimum Gasteiger partial charge on any atom is -0.493 e. The Morgan fingerprint density at radius 2 is 1.75 bits per heavy atom. The maximum Gasteiger partial charge on any atom is 0.160 e. The molecule has 0 N–H and O–H groups in total. The summed E-state index contributed by atoms with van der Waals surface area (Å²) in [5.41, 5.74) is 2.24. The Morgan fingerprint density at radius 3 is 2.40 bits per heavy atom. The third kappa shape index (κ3) is 3.47. The summed E-state index contributed by atoms with van der Waals surface area (Å²) in [5.74, 6) is 1.48. The van der Waals surface area contributed by atoms with Crippen molar-refractivity contribution < 1.29 is 9.47 Å². The van der Waals surface area contributed by atoms with Gasteiger partial charge >= 0.3 is 0 Å². The van der Waals surface area contributed by atoms with Gasteiger partial charge in [-0.2, -0.15) is 0 Å². The molecule has 106 valence electrons. The fourth-order valence-corrected chi connectivity index (χ4v) is 3.23. The van der Waals surface area contributed by atoms with E-state index in [1.807, 2.05) is 42.5 Å². The molecule has 0 saturated carbocycles. The number of ether oxygens (including phenoxy) is 2. The number of benzene rings is 2. The molecule has 0 aliphatic carbocycles. The molecule has 1 atom stereocenters. The number of alkyl halides is 1. The van der Waals surface area contributed by atoms with E-state index in [1.54, 1.807) is 14.2 Å². The molecule has 0 aliphatic heterocycles. The van der Waals surface area contributed by atoms with E-state index >= 15 is 0 Å². The summed E-state index contributed by atoms with van der Waals surface area (Å²) < 4.78 is 10.6. The Hall–Kier alpha value is -1.19. The molecule has 2 aromatic rings. The van der Waals surface area contributed by atoms with Gasteiger partial charge in [0.1, 0.15) is 0 Å². The first-order valence-electron chi connectivity index (χ1n) is 6.25. The highest BCUT2D eigenvalue weighted by molar-refractivity contribution is 9.09. The van der Waals surface area contributed by atoms with Gasteiger partial charge < -0.3 is 9.47 Å². The minimum atomic E-state index is 0.161. The number of methoxy groups -OCH3 is 2. The number of hydrogen-bond acceptors (Lipinski definition) is 2. The molecule has 2 nitrogen and oxygen atoms in total. The molecule has 0 spiro atoms. The average molecular weight is 356 g/mol. The van der Waals surface area contributed by atoms with Crippen molar-refractivity contribution >= 4 is 27.5 Å². The lowest BCUT2D eigenvalue weighted by atomic mass is 10.0. The normalized spacial score (nSPS) is 12.0. The van der Waals surface area contributed by atoms with Crippen LogP contribution in [0.1, 0.15) is 16.0 Å². The van der Waals surface area contributed by atoms with Gasteiger partial charge in [-0.05, 0) is 35.7 Å². The monoisotopic (exact) mass is 354 g/mol. The van der Waals surface area contributed by atoms with Crippen LogP contribution in [0.15, 0.2) is 42.5 Å². The summed E-state index contributed by atoms with van der Waals surface area (Å²) in [5, 5.41) is 0.773. The van der Waals surface area contributed by atoms with Crippen LogP contribution in [-0.2, 0) is 6.42 Å². The molecule has 20 heavy (non-hydrogen) atoms.